The van der Waals surface area contributed by atoms with Gasteiger partial charge < -0.3 is 15.3 Å². The Balaban J connectivity index is 1.21. The zero-order valence-corrected chi connectivity index (χ0v) is 15.9. The minimum Gasteiger partial charge on any atom is -0.508 e. The molecule has 0 bridgehead atoms. The van der Waals surface area contributed by atoms with Crippen molar-refractivity contribution >= 4 is 11.8 Å². The maximum Gasteiger partial charge on any atom is 0.251 e. The van der Waals surface area contributed by atoms with E-state index in [2.05, 4.69) is 17.4 Å². The van der Waals surface area contributed by atoms with Crippen molar-refractivity contribution in [2.75, 3.05) is 19.6 Å². The van der Waals surface area contributed by atoms with Crippen molar-refractivity contribution < 1.29 is 14.7 Å². The molecule has 0 spiro atoms. The number of carbonyl (C=O) groups is 2. The molecule has 1 heterocycles. The third-order valence-electron chi connectivity index (χ3n) is 5.94. The molecular formula is C23H26N2O3. The summed E-state index contributed by atoms with van der Waals surface area (Å²) in [5.74, 6) is 1.25. The number of hydrogen-bond donors (Lipinski definition) is 2. The fourth-order valence-electron chi connectivity index (χ4n) is 4.08. The smallest absolute Gasteiger partial charge is 0.251 e. The molecule has 5 heteroatoms. The van der Waals surface area contributed by atoms with Crippen LogP contribution < -0.4 is 5.32 Å². The highest BCUT2D eigenvalue weighted by Gasteiger charge is 2.46. The lowest BCUT2D eigenvalue weighted by atomic mass is 9.96. The van der Waals surface area contributed by atoms with Gasteiger partial charge in [-0.1, -0.05) is 30.3 Å². The maximum atomic E-state index is 12.8. The zero-order chi connectivity index (χ0) is 19.5. The van der Waals surface area contributed by atoms with Gasteiger partial charge in [0.05, 0.1) is 0 Å². The highest BCUT2D eigenvalue weighted by Crippen LogP contribution is 2.48. The molecule has 1 aliphatic carbocycles. The van der Waals surface area contributed by atoms with Gasteiger partial charge in [-0.05, 0) is 60.9 Å². The van der Waals surface area contributed by atoms with Crippen LogP contribution in [0.25, 0.3) is 0 Å². The molecule has 2 aromatic rings. The van der Waals surface area contributed by atoms with E-state index < -0.39 is 0 Å². The molecule has 28 heavy (non-hydrogen) atoms. The predicted molar refractivity (Wildman–Crippen MR) is 107 cm³/mol. The monoisotopic (exact) mass is 378 g/mol. The van der Waals surface area contributed by atoms with E-state index in [0.29, 0.717) is 29.9 Å². The lowest BCUT2D eigenvalue weighted by molar-refractivity contribution is -0.134. The minimum absolute atomic E-state index is 0.123. The van der Waals surface area contributed by atoms with E-state index in [1.165, 1.54) is 17.7 Å². The molecule has 2 fully saturated rings. The van der Waals surface area contributed by atoms with Gasteiger partial charge in [-0.2, -0.15) is 0 Å². The summed E-state index contributed by atoms with van der Waals surface area (Å²) < 4.78 is 0. The van der Waals surface area contributed by atoms with Crippen LogP contribution >= 0.6 is 0 Å². The molecule has 2 aliphatic rings. The van der Waals surface area contributed by atoms with Gasteiger partial charge in [0.1, 0.15) is 5.75 Å². The summed E-state index contributed by atoms with van der Waals surface area (Å²) in [5.41, 5.74) is 1.82. The first-order chi connectivity index (χ1) is 13.6. The fourth-order valence-corrected chi connectivity index (χ4v) is 4.08. The number of rotatable bonds is 5. The van der Waals surface area contributed by atoms with Crippen LogP contribution in [-0.2, 0) is 4.79 Å². The van der Waals surface area contributed by atoms with Crippen LogP contribution in [0.1, 0.15) is 41.1 Å². The lowest BCUT2D eigenvalue weighted by Crippen LogP contribution is -2.42. The van der Waals surface area contributed by atoms with Gasteiger partial charge in [-0.3, -0.25) is 9.59 Å². The molecule has 4 rings (SSSR count). The lowest BCUT2D eigenvalue weighted by Gasteiger charge is -2.32. The van der Waals surface area contributed by atoms with Gasteiger partial charge in [0, 0.05) is 31.1 Å². The zero-order valence-electron chi connectivity index (χ0n) is 15.9. The first-order valence-electron chi connectivity index (χ1n) is 10.0. The van der Waals surface area contributed by atoms with E-state index in [1.807, 2.05) is 23.1 Å². The number of carbonyl (C=O) groups excluding carboxylic acids is 2. The third-order valence-corrected chi connectivity index (χ3v) is 5.94. The normalized spacial score (nSPS) is 21.9. The SMILES string of the molecule is O=C(NCC1CCN(C(=O)[C@@H]2C[C@H]2c2ccccc2)CC1)c1ccc(O)cc1. The van der Waals surface area contributed by atoms with Gasteiger partial charge in [0.15, 0.2) is 0 Å². The van der Waals surface area contributed by atoms with Gasteiger partial charge in [-0.25, -0.2) is 0 Å². The van der Waals surface area contributed by atoms with Crippen LogP contribution in [0.3, 0.4) is 0 Å². The summed E-state index contributed by atoms with van der Waals surface area (Å²) in [7, 11) is 0. The highest BCUT2D eigenvalue weighted by atomic mass is 16.3. The molecule has 2 aromatic carbocycles. The van der Waals surface area contributed by atoms with Crippen LogP contribution in [-0.4, -0.2) is 41.5 Å². The van der Waals surface area contributed by atoms with Crippen molar-refractivity contribution in [3.8, 4) is 5.75 Å². The number of benzene rings is 2. The average molecular weight is 378 g/mol. The molecule has 2 N–H and O–H groups in total. The first-order valence-corrected chi connectivity index (χ1v) is 10.0. The van der Waals surface area contributed by atoms with Crippen molar-refractivity contribution in [3.63, 3.8) is 0 Å². The van der Waals surface area contributed by atoms with Crippen LogP contribution in [0.4, 0.5) is 0 Å². The fraction of sp³-hybridized carbons (Fsp3) is 0.391. The number of aromatic hydroxyl groups is 1. The van der Waals surface area contributed by atoms with Gasteiger partial charge in [-0.15, -0.1) is 0 Å². The Bertz CT molecular complexity index is 827. The van der Waals surface area contributed by atoms with E-state index in [4.69, 9.17) is 0 Å². The van der Waals surface area contributed by atoms with Crippen LogP contribution in [0, 0.1) is 11.8 Å². The molecule has 1 saturated heterocycles. The number of nitrogens with zero attached hydrogens (tertiary/aromatic N) is 1. The number of hydrogen-bond acceptors (Lipinski definition) is 3. The Labute approximate surface area is 165 Å². The average Bonchev–Trinajstić information content (AvgIpc) is 3.54. The quantitative estimate of drug-likeness (QED) is 0.840. The molecule has 0 radical (unpaired) electrons. The number of phenols is 1. The first kappa shape index (κ1) is 18.5. The Morgan fingerprint density at radius 2 is 1.68 bits per heavy atom. The van der Waals surface area contributed by atoms with Crippen molar-refractivity contribution in [1.82, 2.24) is 10.2 Å². The van der Waals surface area contributed by atoms with Crippen LogP contribution in [0.5, 0.6) is 5.75 Å². The molecule has 0 unspecified atom stereocenters. The minimum atomic E-state index is -0.123. The molecule has 2 atom stereocenters. The highest BCUT2D eigenvalue weighted by molar-refractivity contribution is 5.94. The second-order valence-corrected chi connectivity index (χ2v) is 7.88. The third kappa shape index (κ3) is 4.19. The second-order valence-electron chi connectivity index (χ2n) is 7.88. The molecule has 5 nitrogen and oxygen atoms in total. The largest absolute Gasteiger partial charge is 0.508 e. The summed E-state index contributed by atoms with van der Waals surface area (Å²) >= 11 is 0. The van der Waals surface area contributed by atoms with Crippen molar-refractivity contribution in [1.29, 1.82) is 0 Å². The predicted octanol–water partition coefficient (Wildman–Crippen LogP) is 3.16. The van der Waals surface area contributed by atoms with Crippen molar-refractivity contribution in [3.05, 3.63) is 65.7 Å². The second kappa shape index (κ2) is 8.05. The summed E-state index contributed by atoms with van der Waals surface area (Å²) in [6, 6.07) is 16.6. The Morgan fingerprint density at radius 1 is 1.00 bits per heavy atom. The van der Waals surface area contributed by atoms with E-state index in [0.717, 1.165) is 32.4 Å². The van der Waals surface area contributed by atoms with Crippen molar-refractivity contribution in [2.24, 2.45) is 11.8 Å². The molecule has 1 aliphatic heterocycles. The number of phenolic OH excluding ortho intramolecular Hbond substituents is 1. The summed E-state index contributed by atoms with van der Waals surface area (Å²) in [6.07, 6.45) is 2.81. The standard InChI is InChI=1S/C23H26N2O3/c26-19-8-6-18(7-9-19)22(27)24-15-16-10-12-25(13-11-16)23(28)21-14-20(21)17-4-2-1-3-5-17/h1-9,16,20-21,26H,10-15H2,(H,24,27)/t20-,21+/m0/s1. The topological polar surface area (TPSA) is 69.6 Å². The Kier molecular flexibility index (Phi) is 5.33. The van der Waals surface area contributed by atoms with Crippen LogP contribution in [0.2, 0.25) is 0 Å². The number of piperidine rings is 1. The summed E-state index contributed by atoms with van der Waals surface area (Å²) in [5, 5.41) is 12.3. The van der Waals surface area contributed by atoms with E-state index in [9.17, 15) is 14.7 Å². The number of likely N-dealkylation sites (tertiary alicyclic amines) is 1. The summed E-state index contributed by atoms with van der Waals surface area (Å²) in [6.45, 7) is 2.17. The molecule has 1 saturated carbocycles. The maximum absolute atomic E-state index is 12.8. The number of nitrogens with one attached hydrogen (secondary N) is 1. The van der Waals surface area contributed by atoms with Gasteiger partial charge in [0.2, 0.25) is 5.91 Å². The molecular weight excluding hydrogens is 352 g/mol. The van der Waals surface area contributed by atoms with E-state index in [1.54, 1.807) is 12.1 Å². The van der Waals surface area contributed by atoms with E-state index >= 15 is 0 Å². The van der Waals surface area contributed by atoms with Crippen LogP contribution in [0.15, 0.2) is 54.6 Å². The van der Waals surface area contributed by atoms with Gasteiger partial charge >= 0.3 is 0 Å². The van der Waals surface area contributed by atoms with Crippen molar-refractivity contribution in [2.45, 2.75) is 25.2 Å². The molecule has 2 amide bonds. The van der Waals surface area contributed by atoms with E-state index in [-0.39, 0.29) is 17.6 Å². The number of amides is 2. The summed E-state index contributed by atoms with van der Waals surface area (Å²) in [4.78, 5) is 27.0. The molecule has 0 aromatic heterocycles. The Hall–Kier alpha value is -2.82. The Morgan fingerprint density at radius 3 is 2.36 bits per heavy atom. The molecule has 146 valence electrons. The van der Waals surface area contributed by atoms with Gasteiger partial charge in [0.25, 0.3) is 5.91 Å².